The van der Waals surface area contributed by atoms with Crippen molar-refractivity contribution in [3.05, 3.63) is 22.2 Å². The molecule has 4 heteroatoms. The Kier molecular flexibility index (Phi) is 5.55. The fraction of sp³-hybridized carbons (Fsp3) is 0.647. The number of benzene rings is 1. The Balaban J connectivity index is 2.46. The van der Waals surface area contributed by atoms with Crippen LogP contribution in [0.5, 0.6) is 11.5 Å². The van der Waals surface area contributed by atoms with E-state index in [0.717, 1.165) is 28.8 Å². The van der Waals surface area contributed by atoms with E-state index >= 15 is 0 Å². The van der Waals surface area contributed by atoms with Crippen molar-refractivity contribution in [1.29, 1.82) is 0 Å². The van der Waals surface area contributed by atoms with E-state index in [2.05, 4.69) is 22.0 Å². The number of ether oxygens (including phenoxy) is 2. The molecule has 0 amide bonds. The quantitative estimate of drug-likeness (QED) is 0.850. The Labute approximate surface area is 136 Å². The highest BCUT2D eigenvalue weighted by molar-refractivity contribution is 9.10. The summed E-state index contributed by atoms with van der Waals surface area (Å²) in [5, 5.41) is 0. The molecular weight excluding hydrogens is 330 g/mol. The van der Waals surface area contributed by atoms with E-state index in [1.807, 2.05) is 19.9 Å². The SMILES string of the molecule is COc1cc(Br)c(C2(CN)CCCCC2)cc1OC(C)C. The van der Waals surface area contributed by atoms with Crippen molar-refractivity contribution in [2.24, 2.45) is 5.73 Å². The van der Waals surface area contributed by atoms with Gasteiger partial charge in [-0.2, -0.15) is 0 Å². The number of hydrogen-bond donors (Lipinski definition) is 1. The summed E-state index contributed by atoms with van der Waals surface area (Å²) in [5.41, 5.74) is 7.50. The topological polar surface area (TPSA) is 44.5 Å². The molecule has 0 radical (unpaired) electrons. The van der Waals surface area contributed by atoms with Crippen molar-refractivity contribution in [2.75, 3.05) is 13.7 Å². The number of halogens is 1. The molecule has 0 heterocycles. The van der Waals surface area contributed by atoms with Crippen molar-refractivity contribution in [3.63, 3.8) is 0 Å². The Bertz CT molecular complexity index is 482. The molecule has 1 aromatic rings. The van der Waals surface area contributed by atoms with Gasteiger partial charge in [-0.3, -0.25) is 0 Å². The highest BCUT2D eigenvalue weighted by Crippen LogP contribution is 2.45. The molecule has 0 aromatic heterocycles. The molecule has 3 nitrogen and oxygen atoms in total. The molecule has 0 spiro atoms. The van der Waals surface area contributed by atoms with Crippen molar-refractivity contribution < 1.29 is 9.47 Å². The van der Waals surface area contributed by atoms with Gasteiger partial charge in [0.2, 0.25) is 0 Å². The van der Waals surface area contributed by atoms with Crippen LogP contribution in [0.3, 0.4) is 0 Å². The third-order valence-corrected chi connectivity index (χ3v) is 5.04. The first kappa shape index (κ1) is 16.6. The molecule has 0 bridgehead atoms. The highest BCUT2D eigenvalue weighted by Gasteiger charge is 2.35. The Morgan fingerprint density at radius 1 is 1.19 bits per heavy atom. The lowest BCUT2D eigenvalue weighted by atomic mass is 9.69. The maximum absolute atomic E-state index is 6.17. The predicted molar refractivity (Wildman–Crippen MR) is 90.3 cm³/mol. The van der Waals surface area contributed by atoms with Gasteiger partial charge in [0.25, 0.3) is 0 Å². The van der Waals surface area contributed by atoms with Crippen LogP contribution in [0.4, 0.5) is 0 Å². The Morgan fingerprint density at radius 3 is 2.38 bits per heavy atom. The summed E-state index contributed by atoms with van der Waals surface area (Å²) in [7, 11) is 1.67. The normalized spacial score (nSPS) is 17.8. The van der Waals surface area contributed by atoms with Gasteiger partial charge in [-0.15, -0.1) is 0 Å². The van der Waals surface area contributed by atoms with Gasteiger partial charge >= 0.3 is 0 Å². The van der Waals surface area contributed by atoms with E-state index in [0.29, 0.717) is 6.54 Å². The maximum Gasteiger partial charge on any atom is 0.161 e. The van der Waals surface area contributed by atoms with E-state index in [4.69, 9.17) is 15.2 Å². The third kappa shape index (κ3) is 3.54. The molecule has 1 aliphatic rings. The molecule has 1 fully saturated rings. The van der Waals surface area contributed by atoms with Gasteiger partial charge in [0.05, 0.1) is 13.2 Å². The van der Waals surface area contributed by atoms with Gasteiger partial charge in [-0.05, 0) is 44.4 Å². The first-order valence-electron chi connectivity index (χ1n) is 7.77. The standard InChI is InChI=1S/C17H26BrNO2/c1-12(2)21-16-9-13(14(18)10-15(16)20-3)17(11-19)7-5-4-6-8-17/h9-10,12H,4-8,11,19H2,1-3H3. The van der Waals surface area contributed by atoms with E-state index in [-0.39, 0.29) is 11.5 Å². The van der Waals surface area contributed by atoms with Crippen molar-refractivity contribution in [1.82, 2.24) is 0 Å². The van der Waals surface area contributed by atoms with Crippen LogP contribution in [0.15, 0.2) is 16.6 Å². The first-order chi connectivity index (χ1) is 10.0. The molecule has 1 saturated carbocycles. The number of nitrogens with two attached hydrogens (primary N) is 1. The monoisotopic (exact) mass is 355 g/mol. The number of rotatable bonds is 5. The lowest BCUT2D eigenvalue weighted by molar-refractivity contribution is 0.228. The minimum absolute atomic E-state index is 0.0679. The van der Waals surface area contributed by atoms with Gasteiger partial charge < -0.3 is 15.2 Å². The second-order valence-corrected chi connectivity index (χ2v) is 7.05. The molecule has 21 heavy (non-hydrogen) atoms. The Morgan fingerprint density at radius 2 is 1.86 bits per heavy atom. The fourth-order valence-electron chi connectivity index (χ4n) is 3.26. The molecule has 1 aromatic carbocycles. The van der Waals surface area contributed by atoms with Gasteiger partial charge in [-0.1, -0.05) is 35.2 Å². The van der Waals surface area contributed by atoms with Crippen LogP contribution in [0, 0.1) is 0 Å². The van der Waals surface area contributed by atoms with Crippen molar-refractivity contribution >= 4 is 15.9 Å². The zero-order valence-electron chi connectivity index (χ0n) is 13.2. The highest BCUT2D eigenvalue weighted by atomic mass is 79.9. The van der Waals surface area contributed by atoms with Gasteiger partial charge in [0.15, 0.2) is 11.5 Å². The summed E-state index contributed by atoms with van der Waals surface area (Å²) in [6.07, 6.45) is 6.22. The first-order valence-corrected chi connectivity index (χ1v) is 8.56. The molecule has 2 rings (SSSR count). The summed E-state index contributed by atoms with van der Waals surface area (Å²) in [5.74, 6) is 1.58. The molecule has 0 unspecified atom stereocenters. The summed E-state index contributed by atoms with van der Waals surface area (Å²) in [6, 6.07) is 4.14. The second kappa shape index (κ2) is 7.01. The molecule has 1 aliphatic carbocycles. The smallest absolute Gasteiger partial charge is 0.161 e. The van der Waals surface area contributed by atoms with Crippen LogP contribution in [0.25, 0.3) is 0 Å². The Hall–Kier alpha value is -0.740. The van der Waals surface area contributed by atoms with Crippen molar-refractivity contribution in [3.8, 4) is 11.5 Å². The predicted octanol–water partition coefficient (Wildman–Crippen LogP) is 4.41. The molecule has 118 valence electrons. The maximum atomic E-state index is 6.17. The number of methoxy groups -OCH3 is 1. The van der Waals surface area contributed by atoms with E-state index in [1.165, 1.54) is 24.8 Å². The van der Waals surface area contributed by atoms with Crippen LogP contribution in [-0.2, 0) is 5.41 Å². The average Bonchev–Trinajstić information content (AvgIpc) is 2.48. The van der Waals surface area contributed by atoms with Crippen LogP contribution in [0.2, 0.25) is 0 Å². The lowest BCUT2D eigenvalue weighted by Crippen LogP contribution is -2.37. The molecular formula is C17H26BrNO2. The lowest BCUT2D eigenvalue weighted by Gasteiger charge is -2.38. The summed E-state index contributed by atoms with van der Waals surface area (Å²) in [4.78, 5) is 0. The van der Waals surface area contributed by atoms with Gasteiger partial charge in [-0.25, -0.2) is 0 Å². The van der Waals surface area contributed by atoms with Crippen LogP contribution < -0.4 is 15.2 Å². The minimum atomic E-state index is 0.0679. The molecule has 0 atom stereocenters. The summed E-state index contributed by atoms with van der Waals surface area (Å²) in [6.45, 7) is 4.74. The van der Waals surface area contributed by atoms with E-state index in [9.17, 15) is 0 Å². The van der Waals surface area contributed by atoms with Crippen LogP contribution in [0.1, 0.15) is 51.5 Å². The zero-order chi connectivity index (χ0) is 15.5. The zero-order valence-corrected chi connectivity index (χ0v) is 14.8. The molecule has 2 N–H and O–H groups in total. The van der Waals surface area contributed by atoms with Crippen molar-refractivity contribution in [2.45, 2.75) is 57.5 Å². The van der Waals surface area contributed by atoms with E-state index < -0.39 is 0 Å². The third-order valence-electron chi connectivity index (χ3n) is 4.39. The molecule has 0 aliphatic heterocycles. The second-order valence-electron chi connectivity index (χ2n) is 6.19. The minimum Gasteiger partial charge on any atom is -0.493 e. The fourth-order valence-corrected chi connectivity index (χ4v) is 4.00. The van der Waals surface area contributed by atoms with Gasteiger partial charge in [0, 0.05) is 16.4 Å². The van der Waals surface area contributed by atoms with Crippen LogP contribution in [-0.4, -0.2) is 19.8 Å². The molecule has 0 saturated heterocycles. The largest absolute Gasteiger partial charge is 0.493 e. The van der Waals surface area contributed by atoms with E-state index in [1.54, 1.807) is 7.11 Å². The summed E-state index contributed by atoms with van der Waals surface area (Å²) >= 11 is 3.71. The summed E-state index contributed by atoms with van der Waals surface area (Å²) < 4.78 is 12.4. The average molecular weight is 356 g/mol. The van der Waals surface area contributed by atoms with Gasteiger partial charge in [0.1, 0.15) is 0 Å². The number of hydrogen-bond acceptors (Lipinski definition) is 3. The van der Waals surface area contributed by atoms with Crippen LogP contribution >= 0.6 is 15.9 Å².